The van der Waals surface area contributed by atoms with E-state index < -0.39 is 0 Å². The Labute approximate surface area is 109 Å². The molecule has 2 heterocycles. The van der Waals surface area contributed by atoms with Crippen molar-refractivity contribution in [3.8, 4) is 0 Å². The van der Waals surface area contributed by atoms with Gasteiger partial charge in [0, 0.05) is 19.1 Å². The van der Waals surface area contributed by atoms with E-state index in [0.717, 1.165) is 18.7 Å². The van der Waals surface area contributed by atoms with E-state index in [-0.39, 0.29) is 18.2 Å². The van der Waals surface area contributed by atoms with E-state index >= 15 is 0 Å². The summed E-state index contributed by atoms with van der Waals surface area (Å²) in [6.45, 7) is 7.90. The molecule has 0 saturated carbocycles. The van der Waals surface area contributed by atoms with Crippen LogP contribution in [0.4, 0.5) is 0 Å². The molecule has 1 fully saturated rings. The van der Waals surface area contributed by atoms with Crippen molar-refractivity contribution >= 4 is 5.97 Å². The zero-order valence-corrected chi connectivity index (χ0v) is 11.6. The Hall–Kier alpha value is -0.870. The number of esters is 1. The lowest BCUT2D eigenvalue weighted by molar-refractivity contribution is -0.143. The van der Waals surface area contributed by atoms with Gasteiger partial charge in [-0.05, 0) is 26.7 Å². The fourth-order valence-corrected chi connectivity index (χ4v) is 2.73. The third-order valence-corrected chi connectivity index (χ3v) is 3.58. The topological polar surface area (TPSA) is 41.6 Å². The van der Waals surface area contributed by atoms with Crippen molar-refractivity contribution in [3.05, 3.63) is 11.6 Å². The van der Waals surface area contributed by atoms with Crippen LogP contribution in [0.2, 0.25) is 0 Å². The van der Waals surface area contributed by atoms with E-state index in [9.17, 15) is 4.79 Å². The number of ether oxygens (including phenoxy) is 1. The van der Waals surface area contributed by atoms with Gasteiger partial charge in [0.05, 0.1) is 17.8 Å². The van der Waals surface area contributed by atoms with Crippen LogP contribution in [0.3, 0.4) is 0 Å². The second-order valence-electron chi connectivity index (χ2n) is 5.45. The molecule has 4 nitrogen and oxygen atoms in total. The minimum absolute atomic E-state index is 0.0533. The molecule has 102 valence electrons. The summed E-state index contributed by atoms with van der Waals surface area (Å²) < 4.78 is 5.30. The van der Waals surface area contributed by atoms with Crippen LogP contribution >= 0.6 is 0 Å². The molecule has 0 bridgehead atoms. The van der Waals surface area contributed by atoms with Crippen molar-refractivity contribution < 1.29 is 9.53 Å². The predicted octanol–water partition coefficient (Wildman–Crippen LogP) is 1.67. The van der Waals surface area contributed by atoms with Crippen molar-refractivity contribution in [2.45, 2.75) is 58.3 Å². The molecule has 0 spiro atoms. The molecule has 0 amide bonds. The Morgan fingerprint density at radius 2 is 2.39 bits per heavy atom. The maximum Gasteiger partial charge on any atom is 0.336 e. The van der Waals surface area contributed by atoms with E-state index in [1.54, 1.807) is 0 Å². The first-order valence-electron chi connectivity index (χ1n) is 7.03. The number of fused-ring (bicyclic) bond motifs is 1. The van der Waals surface area contributed by atoms with Crippen LogP contribution in [0.15, 0.2) is 11.6 Å². The van der Waals surface area contributed by atoms with Gasteiger partial charge < -0.3 is 4.74 Å². The molecule has 2 atom stereocenters. The number of hydrogen-bond donors (Lipinski definition) is 1. The number of rotatable bonds is 4. The summed E-state index contributed by atoms with van der Waals surface area (Å²) in [4.78, 5) is 14.3. The average Bonchev–Trinajstić information content (AvgIpc) is 2.71. The molecule has 0 aromatic rings. The molecule has 2 aliphatic rings. The minimum atomic E-state index is -0.165. The molecular weight excluding hydrogens is 228 g/mol. The first kappa shape index (κ1) is 13.6. The summed E-state index contributed by atoms with van der Waals surface area (Å²) in [6.07, 6.45) is 5.56. The third-order valence-electron chi connectivity index (χ3n) is 3.58. The fourth-order valence-electron chi connectivity index (χ4n) is 2.73. The van der Waals surface area contributed by atoms with Crippen LogP contribution in [0.1, 0.15) is 40.0 Å². The van der Waals surface area contributed by atoms with Crippen LogP contribution in [-0.4, -0.2) is 42.3 Å². The zero-order chi connectivity index (χ0) is 13.1. The van der Waals surface area contributed by atoms with Crippen LogP contribution in [-0.2, 0) is 9.53 Å². The molecule has 1 N–H and O–H groups in total. The number of nitrogens with one attached hydrogen (secondary N) is 1. The molecule has 0 aliphatic carbocycles. The summed E-state index contributed by atoms with van der Waals surface area (Å²) >= 11 is 0. The lowest BCUT2D eigenvalue weighted by Crippen LogP contribution is -2.55. The SMILES string of the molecule is CCCC1CCN2CC=C(C(=O)OC(C)C)C2N1. The van der Waals surface area contributed by atoms with E-state index in [0.29, 0.717) is 6.04 Å². The summed E-state index contributed by atoms with van der Waals surface area (Å²) in [5.74, 6) is -0.165. The molecule has 2 aliphatic heterocycles. The maximum absolute atomic E-state index is 12.0. The summed E-state index contributed by atoms with van der Waals surface area (Å²) in [5, 5.41) is 3.58. The van der Waals surface area contributed by atoms with Gasteiger partial charge in [-0.15, -0.1) is 0 Å². The van der Waals surface area contributed by atoms with Gasteiger partial charge in [-0.2, -0.15) is 0 Å². The summed E-state index contributed by atoms with van der Waals surface area (Å²) in [6, 6.07) is 0.532. The van der Waals surface area contributed by atoms with E-state index in [1.165, 1.54) is 19.3 Å². The molecule has 1 saturated heterocycles. The van der Waals surface area contributed by atoms with Gasteiger partial charge in [-0.1, -0.05) is 19.4 Å². The Morgan fingerprint density at radius 1 is 1.61 bits per heavy atom. The van der Waals surface area contributed by atoms with E-state index in [4.69, 9.17) is 4.74 Å². The van der Waals surface area contributed by atoms with Crippen molar-refractivity contribution in [2.75, 3.05) is 13.1 Å². The molecule has 0 aromatic carbocycles. The van der Waals surface area contributed by atoms with Crippen molar-refractivity contribution in [1.82, 2.24) is 10.2 Å². The Kier molecular flexibility index (Phi) is 4.40. The highest BCUT2D eigenvalue weighted by molar-refractivity contribution is 5.90. The number of nitrogens with zero attached hydrogens (tertiary/aromatic N) is 1. The highest BCUT2D eigenvalue weighted by Gasteiger charge is 2.36. The smallest absolute Gasteiger partial charge is 0.336 e. The summed E-state index contributed by atoms with van der Waals surface area (Å²) in [7, 11) is 0. The van der Waals surface area contributed by atoms with Gasteiger partial charge >= 0.3 is 5.97 Å². The summed E-state index contributed by atoms with van der Waals surface area (Å²) in [5.41, 5.74) is 0.796. The monoisotopic (exact) mass is 252 g/mol. The van der Waals surface area contributed by atoms with Gasteiger partial charge in [-0.25, -0.2) is 4.79 Å². The van der Waals surface area contributed by atoms with Crippen LogP contribution < -0.4 is 5.32 Å². The highest BCUT2D eigenvalue weighted by atomic mass is 16.5. The molecule has 4 heteroatoms. The molecule has 2 rings (SSSR count). The zero-order valence-electron chi connectivity index (χ0n) is 11.6. The van der Waals surface area contributed by atoms with Crippen molar-refractivity contribution in [3.63, 3.8) is 0 Å². The normalized spacial score (nSPS) is 28.1. The van der Waals surface area contributed by atoms with Gasteiger partial charge in [0.2, 0.25) is 0 Å². The van der Waals surface area contributed by atoms with Crippen molar-refractivity contribution in [2.24, 2.45) is 0 Å². The predicted molar refractivity (Wildman–Crippen MR) is 71.1 cm³/mol. The first-order valence-corrected chi connectivity index (χ1v) is 7.03. The van der Waals surface area contributed by atoms with Crippen LogP contribution in [0.5, 0.6) is 0 Å². The van der Waals surface area contributed by atoms with Gasteiger partial charge in [0.25, 0.3) is 0 Å². The Bertz CT molecular complexity index is 339. The second kappa shape index (κ2) is 5.85. The van der Waals surface area contributed by atoms with Crippen LogP contribution in [0.25, 0.3) is 0 Å². The number of hydrogen-bond acceptors (Lipinski definition) is 4. The Morgan fingerprint density at radius 3 is 3.06 bits per heavy atom. The molecule has 0 radical (unpaired) electrons. The lowest BCUT2D eigenvalue weighted by atomic mass is 10.0. The number of carbonyl (C=O) groups is 1. The first-order chi connectivity index (χ1) is 8.61. The fraction of sp³-hybridized carbons (Fsp3) is 0.786. The van der Waals surface area contributed by atoms with Gasteiger partial charge in [0.15, 0.2) is 0 Å². The van der Waals surface area contributed by atoms with Crippen LogP contribution in [0, 0.1) is 0 Å². The number of carbonyl (C=O) groups excluding carboxylic acids is 1. The standard InChI is InChI=1S/C14H24N2O2/c1-4-5-11-6-8-16-9-7-12(13(16)15-11)14(17)18-10(2)3/h7,10-11,13,15H,4-6,8-9H2,1-3H3. The van der Waals surface area contributed by atoms with E-state index in [2.05, 4.69) is 17.1 Å². The molecular formula is C14H24N2O2. The second-order valence-corrected chi connectivity index (χ2v) is 5.45. The quantitative estimate of drug-likeness (QED) is 0.773. The molecule has 2 unspecified atom stereocenters. The third kappa shape index (κ3) is 2.93. The Balaban J connectivity index is 1.98. The average molecular weight is 252 g/mol. The lowest BCUT2D eigenvalue weighted by Gasteiger charge is -2.37. The maximum atomic E-state index is 12.0. The van der Waals surface area contributed by atoms with Gasteiger partial charge in [0.1, 0.15) is 0 Å². The van der Waals surface area contributed by atoms with E-state index in [1.807, 2.05) is 19.9 Å². The largest absolute Gasteiger partial charge is 0.460 e. The van der Waals surface area contributed by atoms with Crippen molar-refractivity contribution in [1.29, 1.82) is 0 Å². The molecule has 18 heavy (non-hydrogen) atoms. The van der Waals surface area contributed by atoms with Gasteiger partial charge in [-0.3, -0.25) is 10.2 Å². The minimum Gasteiger partial charge on any atom is -0.460 e. The highest BCUT2D eigenvalue weighted by Crippen LogP contribution is 2.24. The molecule has 0 aromatic heterocycles.